The molecular weight excluding hydrogens is 388 g/mol. The maximum Gasteiger partial charge on any atom is 0.315 e. The fourth-order valence-corrected chi connectivity index (χ4v) is 5.40. The number of urea groups is 1. The van der Waals surface area contributed by atoms with Gasteiger partial charge in [-0.2, -0.15) is 11.8 Å². The van der Waals surface area contributed by atoms with Crippen molar-refractivity contribution in [1.29, 1.82) is 0 Å². The molecule has 2 heterocycles. The summed E-state index contributed by atoms with van der Waals surface area (Å²) < 4.78 is 0. The lowest BCUT2D eigenvalue weighted by atomic mass is 10.0. The van der Waals surface area contributed by atoms with E-state index in [-0.39, 0.29) is 29.8 Å². The van der Waals surface area contributed by atoms with Gasteiger partial charge in [-0.1, -0.05) is 24.6 Å². The van der Waals surface area contributed by atoms with Crippen molar-refractivity contribution in [1.82, 2.24) is 16.0 Å². The summed E-state index contributed by atoms with van der Waals surface area (Å²) in [5.74, 6) is 1.08. The molecule has 7 nitrogen and oxygen atoms in total. The highest BCUT2D eigenvalue weighted by Crippen LogP contribution is 2.33. The molecule has 3 amide bonds. The summed E-state index contributed by atoms with van der Waals surface area (Å²) in [5.41, 5.74) is 7.24. The third-order valence-corrected chi connectivity index (χ3v) is 6.98. The van der Waals surface area contributed by atoms with Gasteiger partial charge in [0.15, 0.2) is 5.78 Å². The summed E-state index contributed by atoms with van der Waals surface area (Å²) in [6, 6.07) is 7.80. The number of hydrogen-bond acceptors (Lipinski definition) is 5. The highest BCUT2D eigenvalue weighted by Gasteiger charge is 2.42. The Bertz CT molecular complexity index is 742. The minimum absolute atomic E-state index is 0.0374. The second-order valence-corrected chi connectivity index (χ2v) is 8.92. The summed E-state index contributed by atoms with van der Waals surface area (Å²) in [4.78, 5) is 35.6. The number of amides is 3. The van der Waals surface area contributed by atoms with Crippen LogP contribution in [0, 0.1) is 0 Å². The Morgan fingerprint density at radius 2 is 2.03 bits per heavy atom. The Morgan fingerprint density at radius 1 is 1.17 bits per heavy atom. The van der Waals surface area contributed by atoms with Crippen molar-refractivity contribution in [2.45, 2.75) is 62.4 Å². The van der Waals surface area contributed by atoms with E-state index < -0.39 is 0 Å². The third kappa shape index (κ3) is 6.21. The largest absolute Gasteiger partial charge is 0.356 e. The first-order chi connectivity index (χ1) is 14.1. The molecule has 3 atom stereocenters. The number of carbonyl (C=O) groups is 3. The fraction of sp³-hybridized carbons (Fsp3) is 0.571. The smallest absolute Gasteiger partial charge is 0.315 e. The predicted octanol–water partition coefficient (Wildman–Crippen LogP) is 1.95. The lowest BCUT2D eigenvalue weighted by Crippen LogP contribution is -2.36. The van der Waals surface area contributed by atoms with Crippen molar-refractivity contribution in [2.24, 2.45) is 5.73 Å². The van der Waals surface area contributed by atoms with Crippen molar-refractivity contribution < 1.29 is 14.4 Å². The van der Waals surface area contributed by atoms with Gasteiger partial charge in [0.2, 0.25) is 5.91 Å². The highest BCUT2D eigenvalue weighted by molar-refractivity contribution is 8.00. The number of hydrogen-bond donors (Lipinski definition) is 4. The van der Waals surface area contributed by atoms with Crippen LogP contribution in [-0.2, 0) is 11.3 Å². The summed E-state index contributed by atoms with van der Waals surface area (Å²) in [7, 11) is 0. The summed E-state index contributed by atoms with van der Waals surface area (Å²) in [5, 5.41) is 9.27. The van der Waals surface area contributed by atoms with Crippen LogP contribution in [0.1, 0.15) is 54.4 Å². The molecule has 158 valence electrons. The van der Waals surface area contributed by atoms with Crippen LogP contribution in [0.3, 0.4) is 0 Å². The van der Waals surface area contributed by atoms with Gasteiger partial charge in [0, 0.05) is 42.5 Å². The molecule has 5 N–H and O–H groups in total. The minimum Gasteiger partial charge on any atom is -0.356 e. The number of rotatable bonds is 11. The first-order valence-electron chi connectivity index (χ1n) is 10.3. The van der Waals surface area contributed by atoms with Crippen LogP contribution >= 0.6 is 11.8 Å². The molecule has 29 heavy (non-hydrogen) atoms. The molecular formula is C21H30N4O3S. The zero-order chi connectivity index (χ0) is 20.6. The molecule has 8 heteroatoms. The second-order valence-electron chi connectivity index (χ2n) is 7.65. The summed E-state index contributed by atoms with van der Waals surface area (Å²) >= 11 is 1.90. The van der Waals surface area contributed by atoms with Gasteiger partial charge in [-0.15, -0.1) is 0 Å². The third-order valence-electron chi connectivity index (χ3n) is 5.47. The van der Waals surface area contributed by atoms with Gasteiger partial charge >= 0.3 is 6.03 Å². The first kappa shape index (κ1) is 21.6. The molecule has 2 aliphatic rings. The van der Waals surface area contributed by atoms with E-state index in [1.165, 1.54) is 0 Å². The van der Waals surface area contributed by atoms with Crippen molar-refractivity contribution in [3.63, 3.8) is 0 Å². The van der Waals surface area contributed by atoms with E-state index >= 15 is 0 Å². The SMILES string of the molecule is NCc1cccc(C(=O)CCCNC(=O)CCCC[C@@H]2SC[C@@H]3NC(=O)N[C@@H]32)c1. The van der Waals surface area contributed by atoms with Crippen molar-refractivity contribution in [3.8, 4) is 0 Å². The van der Waals surface area contributed by atoms with Crippen molar-refractivity contribution >= 4 is 29.5 Å². The number of carbonyl (C=O) groups excluding carboxylic acids is 3. The Labute approximate surface area is 175 Å². The minimum atomic E-state index is -0.0600. The monoisotopic (exact) mass is 418 g/mol. The molecule has 0 radical (unpaired) electrons. The molecule has 0 unspecified atom stereocenters. The Hall–Kier alpha value is -2.06. The van der Waals surface area contributed by atoms with Crippen LogP contribution < -0.4 is 21.7 Å². The van der Waals surface area contributed by atoms with E-state index in [0.717, 1.165) is 30.6 Å². The highest BCUT2D eigenvalue weighted by atomic mass is 32.2. The maximum atomic E-state index is 12.2. The molecule has 2 aliphatic heterocycles. The van der Waals surface area contributed by atoms with E-state index in [9.17, 15) is 14.4 Å². The van der Waals surface area contributed by atoms with Gasteiger partial charge in [-0.3, -0.25) is 9.59 Å². The number of nitrogens with two attached hydrogens (primary N) is 1. The van der Waals surface area contributed by atoms with Crippen LogP contribution in [0.15, 0.2) is 24.3 Å². The zero-order valence-corrected chi connectivity index (χ0v) is 17.4. The maximum absolute atomic E-state index is 12.2. The van der Waals surface area contributed by atoms with Crippen LogP contribution in [0.2, 0.25) is 0 Å². The molecule has 3 rings (SSSR count). The van der Waals surface area contributed by atoms with Gasteiger partial charge in [-0.05, 0) is 30.9 Å². The number of thioether (sulfide) groups is 1. The molecule has 0 aliphatic carbocycles. The van der Waals surface area contributed by atoms with Gasteiger partial charge in [0.1, 0.15) is 0 Å². The van der Waals surface area contributed by atoms with E-state index in [0.29, 0.717) is 43.2 Å². The topological polar surface area (TPSA) is 113 Å². The number of unbranched alkanes of at least 4 members (excludes halogenated alkanes) is 1. The Morgan fingerprint density at radius 3 is 2.86 bits per heavy atom. The predicted molar refractivity (Wildman–Crippen MR) is 115 cm³/mol. The fourth-order valence-electron chi connectivity index (χ4n) is 3.86. The Kier molecular flexibility index (Phi) is 7.94. The van der Waals surface area contributed by atoms with E-state index in [4.69, 9.17) is 5.73 Å². The molecule has 2 fully saturated rings. The van der Waals surface area contributed by atoms with Gasteiger partial charge in [0.25, 0.3) is 0 Å². The lowest BCUT2D eigenvalue weighted by molar-refractivity contribution is -0.121. The summed E-state index contributed by atoms with van der Waals surface area (Å²) in [6.07, 6.45) is 4.37. The molecule has 0 bridgehead atoms. The van der Waals surface area contributed by atoms with Gasteiger partial charge in [0.05, 0.1) is 12.1 Å². The Balaban J connectivity index is 1.24. The summed E-state index contributed by atoms with van der Waals surface area (Å²) in [6.45, 7) is 0.935. The molecule has 1 aromatic carbocycles. The second kappa shape index (κ2) is 10.6. The molecule has 0 saturated carbocycles. The number of Topliss-reactive ketones (excluding diaryl/α,β-unsaturated/α-hetero) is 1. The normalized spacial score (nSPS) is 22.7. The molecule has 2 saturated heterocycles. The van der Waals surface area contributed by atoms with Crippen LogP contribution in [0.4, 0.5) is 4.79 Å². The van der Waals surface area contributed by atoms with Crippen molar-refractivity contribution in [2.75, 3.05) is 12.3 Å². The number of nitrogens with one attached hydrogen (secondary N) is 3. The molecule has 0 aromatic heterocycles. The van der Waals surface area contributed by atoms with Gasteiger partial charge < -0.3 is 21.7 Å². The number of fused-ring (bicyclic) bond motifs is 1. The molecule has 1 aromatic rings. The van der Waals surface area contributed by atoms with Gasteiger partial charge in [-0.25, -0.2) is 4.79 Å². The lowest BCUT2D eigenvalue weighted by Gasteiger charge is -2.16. The quantitative estimate of drug-likeness (QED) is 0.249. The average Bonchev–Trinajstić information content (AvgIpc) is 3.27. The van der Waals surface area contributed by atoms with E-state index in [1.807, 2.05) is 30.0 Å². The van der Waals surface area contributed by atoms with Crippen LogP contribution in [-0.4, -0.2) is 47.4 Å². The van der Waals surface area contributed by atoms with E-state index in [1.54, 1.807) is 6.07 Å². The zero-order valence-electron chi connectivity index (χ0n) is 16.6. The van der Waals surface area contributed by atoms with E-state index in [2.05, 4.69) is 16.0 Å². The number of ketones is 1. The number of benzene rings is 1. The molecule has 0 spiro atoms. The van der Waals surface area contributed by atoms with Crippen LogP contribution in [0.25, 0.3) is 0 Å². The average molecular weight is 419 g/mol. The van der Waals surface area contributed by atoms with Crippen LogP contribution in [0.5, 0.6) is 0 Å². The first-order valence-corrected chi connectivity index (χ1v) is 11.4. The van der Waals surface area contributed by atoms with Crippen molar-refractivity contribution in [3.05, 3.63) is 35.4 Å². The standard InChI is InChI=1S/C21H30N4O3S/c22-12-14-5-3-6-15(11-14)17(26)7-4-10-23-19(27)9-2-1-8-18-20-16(13-29-18)24-21(28)25-20/h3,5-6,11,16,18,20H,1-2,4,7-10,12-13,22H2,(H,23,27)(H2,24,25,28)/t16-,18-,20-/m0/s1.